The van der Waals surface area contributed by atoms with Crippen LogP contribution in [0.4, 0.5) is 13.2 Å². The van der Waals surface area contributed by atoms with Crippen LogP contribution in [0.3, 0.4) is 0 Å². The summed E-state index contributed by atoms with van der Waals surface area (Å²) in [6, 6.07) is 7.84. The number of halogens is 3. The van der Waals surface area contributed by atoms with Crippen molar-refractivity contribution in [2.75, 3.05) is 20.1 Å². The molecule has 2 aromatic rings. The van der Waals surface area contributed by atoms with Crippen LogP contribution in [0.1, 0.15) is 28.9 Å². The van der Waals surface area contributed by atoms with Gasteiger partial charge in [0.15, 0.2) is 5.69 Å². The fourth-order valence-corrected chi connectivity index (χ4v) is 2.95. The van der Waals surface area contributed by atoms with Gasteiger partial charge in [0.2, 0.25) is 0 Å². The molecule has 1 aromatic heterocycles. The third kappa shape index (κ3) is 3.84. The van der Waals surface area contributed by atoms with Gasteiger partial charge in [0.05, 0.1) is 5.69 Å². The second-order valence-electron chi connectivity index (χ2n) is 6.05. The summed E-state index contributed by atoms with van der Waals surface area (Å²) in [6.07, 6.45) is -1.48. The van der Waals surface area contributed by atoms with Crippen LogP contribution in [0, 0.1) is 0 Å². The largest absolute Gasteiger partial charge is 0.435 e. The van der Waals surface area contributed by atoms with E-state index in [9.17, 15) is 18.0 Å². The molecule has 3 rings (SSSR count). The number of piperidine rings is 1. The minimum Gasteiger partial charge on any atom is -0.339 e. The molecule has 1 aliphatic rings. The van der Waals surface area contributed by atoms with Crippen LogP contribution in [0.25, 0.3) is 5.69 Å². The smallest absolute Gasteiger partial charge is 0.339 e. The zero-order valence-corrected chi connectivity index (χ0v) is 13.8. The number of carbonyl (C=O) groups excluding carboxylic acids is 1. The van der Waals surface area contributed by atoms with Crippen LogP contribution in [0.2, 0.25) is 0 Å². The van der Waals surface area contributed by atoms with Crippen LogP contribution in [-0.2, 0) is 6.18 Å². The number of likely N-dealkylation sites (tertiary alicyclic amines) is 1. The maximum Gasteiger partial charge on any atom is 0.435 e. The average Bonchev–Trinajstić information content (AvgIpc) is 3.12. The lowest BCUT2D eigenvalue weighted by Crippen LogP contribution is -2.43. The van der Waals surface area contributed by atoms with E-state index in [1.807, 2.05) is 7.05 Å². The number of carbonyl (C=O) groups is 1. The lowest BCUT2D eigenvalue weighted by molar-refractivity contribution is -0.141. The first-order chi connectivity index (χ1) is 11.9. The molecule has 8 heteroatoms. The van der Waals surface area contributed by atoms with E-state index >= 15 is 0 Å². The van der Waals surface area contributed by atoms with Gasteiger partial charge in [-0.2, -0.15) is 18.3 Å². The maximum absolute atomic E-state index is 12.7. The molecule has 1 amide bonds. The van der Waals surface area contributed by atoms with Gasteiger partial charge in [0, 0.05) is 30.9 Å². The second-order valence-corrected chi connectivity index (χ2v) is 6.05. The molecular formula is C17H19F3N4O. The predicted octanol–water partition coefficient (Wildman–Crippen LogP) is 2.72. The third-order valence-electron chi connectivity index (χ3n) is 4.43. The van der Waals surface area contributed by atoms with Gasteiger partial charge in [-0.15, -0.1) is 0 Å². The second kappa shape index (κ2) is 6.87. The zero-order chi connectivity index (χ0) is 18.0. The van der Waals surface area contributed by atoms with Crippen LogP contribution in [-0.4, -0.2) is 46.8 Å². The summed E-state index contributed by atoms with van der Waals surface area (Å²) in [4.78, 5) is 14.4. The monoisotopic (exact) mass is 352 g/mol. The highest BCUT2D eigenvalue weighted by Gasteiger charge is 2.33. The van der Waals surface area contributed by atoms with Gasteiger partial charge in [-0.1, -0.05) is 6.07 Å². The maximum atomic E-state index is 12.7. The van der Waals surface area contributed by atoms with E-state index in [2.05, 4.69) is 10.4 Å². The minimum atomic E-state index is -4.49. The molecule has 5 nitrogen and oxygen atoms in total. The Hall–Kier alpha value is -2.35. The quantitative estimate of drug-likeness (QED) is 0.924. The number of aromatic nitrogens is 2. The molecule has 25 heavy (non-hydrogen) atoms. The molecule has 134 valence electrons. The highest BCUT2D eigenvalue weighted by molar-refractivity contribution is 5.94. The molecule has 0 atom stereocenters. The summed E-state index contributed by atoms with van der Waals surface area (Å²) in [5.41, 5.74) is -0.0886. The molecule has 2 heterocycles. The van der Waals surface area contributed by atoms with Crippen molar-refractivity contribution in [2.24, 2.45) is 0 Å². The van der Waals surface area contributed by atoms with E-state index in [0.717, 1.165) is 23.6 Å². The van der Waals surface area contributed by atoms with Gasteiger partial charge in [-0.3, -0.25) is 4.79 Å². The van der Waals surface area contributed by atoms with E-state index in [-0.39, 0.29) is 5.91 Å². The molecule has 1 aliphatic heterocycles. The van der Waals surface area contributed by atoms with Crippen molar-refractivity contribution >= 4 is 5.91 Å². The highest BCUT2D eigenvalue weighted by Crippen LogP contribution is 2.28. The zero-order valence-electron chi connectivity index (χ0n) is 13.8. The molecule has 0 spiro atoms. The Bertz CT molecular complexity index is 748. The first-order valence-corrected chi connectivity index (χ1v) is 8.08. The molecule has 1 fully saturated rings. The third-order valence-corrected chi connectivity index (χ3v) is 4.43. The Morgan fingerprint density at radius 3 is 2.56 bits per heavy atom. The summed E-state index contributed by atoms with van der Waals surface area (Å²) in [5.74, 6) is -0.111. The fourth-order valence-electron chi connectivity index (χ4n) is 2.95. The fraction of sp³-hybridized carbons (Fsp3) is 0.412. The number of hydrogen-bond acceptors (Lipinski definition) is 3. The Balaban J connectivity index is 1.77. The number of benzene rings is 1. The van der Waals surface area contributed by atoms with E-state index in [0.29, 0.717) is 30.4 Å². The Kier molecular flexibility index (Phi) is 4.80. The van der Waals surface area contributed by atoms with Gasteiger partial charge in [0.1, 0.15) is 0 Å². The van der Waals surface area contributed by atoms with Crippen molar-refractivity contribution in [2.45, 2.75) is 25.1 Å². The molecule has 0 aliphatic carbocycles. The van der Waals surface area contributed by atoms with Crippen molar-refractivity contribution in [3.05, 3.63) is 47.8 Å². The van der Waals surface area contributed by atoms with Gasteiger partial charge in [-0.25, -0.2) is 4.68 Å². The van der Waals surface area contributed by atoms with Crippen molar-refractivity contribution < 1.29 is 18.0 Å². The molecule has 0 unspecified atom stereocenters. The van der Waals surface area contributed by atoms with Crippen LogP contribution >= 0.6 is 0 Å². The average molecular weight is 352 g/mol. The lowest BCUT2D eigenvalue weighted by Gasteiger charge is -2.31. The number of nitrogens with zero attached hydrogens (tertiary/aromatic N) is 3. The molecule has 0 bridgehead atoms. The summed E-state index contributed by atoms with van der Waals surface area (Å²) >= 11 is 0. The van der Waals surface area contributed by atoms with Gasteiger partial charge in [-0.05, 0) is 44.2 Å². The SMILES string of the molecule is CNC1CCN(C(=O)c2cccc(-n3ccc(C(F)(F)F)n3)c2)CC1. The minimum absolute atomic E-state index is 0.111. The molecular weight excluding hydrogens is 333 g/mol. The number of rotatable bonds is 3. The van der Waals surface area contributed by atoms with E-state index in [1.165, 1.54) is 6.20 Å². The topological polar surface area (TPSA) is 50.2 Å². The van der Waals surface area contributed by atoms with Gasteiger partial charge in [0.25, 0.3) is 5.91 Å². The Labute approximate surface area is 143 Å². The normalized spacial score (nSPS) is 16.2. The Morgan fingerprint density at radius 2 is 1.96 bits per heavy atom. The number of amides is 1. The summed E-state index contributed by atoms with van der Waals surface area (Å²) < 4.78 is 39.2. The molecule has 0 saturated carbocycles. The number of nitrogens with one attached hydrogen (secondary N) is 1. The van der Waals surface area contributed by atoms with Crippen LogP contribution < -0.4 is 5.32 Å². The lowest BCUT2D eigenvalue weighted by atomic mass is 10.0. The van der Waals surface area contributed by atoms with Crippen molar-refractivity contribution in [3.8, 4) is 5.69 Å². The molecule has 1 aromatic carbocycles. The van der Waals surface area contributed by atoms with E-state index < -0.39 is 11.9 Å². The summed E-state index contributed by atoms with van der Waals surface area (Å²) in [6.45, 7) is 1.32. The predicted molar refractivity (Wildman–Crippen MR) is 86.6 cm³/mol. The Morgan fingerprint density at radius 1 is 1.24 bits per heavy atom. The summed E-state index contributed by atoms with van der Waals surface area (Å²) in [7, 11) is 1.91. The first kappa shape index (κ1) is 17.5. The molecule has 0 radical (unpaired) electrons. The number of hydrogen-bond donors (Lipinski definition) is 1. The van der Waals surface area contributed by atoms with Crippen LogP contribution in [0.5, 0.6) is 0 Å². The van der Waals surface area contributed by atoms with Crippen molar-refractivity contribution in [1.29, 1.82) is 0 Å². The molecule has 1 N–H and O–H groups in total. The van der Waals surface area contributed by atoms with Crippen molar-refractivity contribution in [3.63, 3.8) is 0 Å². The standard InChI is InChI=1S/C17H19F3N4O/c1-21-13-5-8-23(9-6-13)16(25)12-3-2-4-14(11-12)24-10-7-15(22-24)17(18,19)20/h2-4,7,10-11,13,21H,5-6,8-9H2,1H3. The highest BCUT2D eigenvalue weighted by atomic mass is 19.4. The van der Waals surface area contributed by atoms with E-state index in [4.69, 9.17) is 0 Å². The van der Waals surface area contributed by atoms with Crippen LogP contribution in [0.15, 0.2) is 36.5 Å². The van der Waals surface area contributed by atoms with E-state index in [1.54, 1.807) is 29.2 Å². The van der Waals surface area contributed by atoms with Crippen molar-refractivity contribution in [1.82, 2.24) is 20.0 Å². The molecule has 1 saturated heterocycles. The van der Waals surface area contributed by atoms with Gasteiger partial charge < -0.3 is 10.2 Å². The summed E-state index contributed by atoms with van der Waals surface area (Å²) in [5, 5.41) is 6.75. The number of alkyl halides is 3. The van der Waals surface area contributed by atoms with Gasteiger partial charge >= 0.3 is 6.18 Å². The first-order valence-electron chi connectivity index (χ1n) is 8.08.